The van der Waals surface area contributed by atoms with Gasteiger partial charge in [-0.05, 0) is 37.8 Å². The molecule has 0 radical (unpaired) electrons. The Labute approximate surface area is 95.3 Å². The number of aromatic nitrogens is 1. The van der Waals surface area contributed by atoms with E-state index in [0.29, 0.717) is 11.4 Å². The van der Waals surface area contributed by atoms with Crippen molar-refractivity contribution in [1.29, 1.82) is 5.26 Å². The smallest absolute Gasteiger partial charge is 0.122 e. The first-order valence-electron chi connectivity index (χ1n) is 4.97. The number of nitrogens with two attached hydrogens (primary N) is 1. The number of nitriles is 1. The third-order valence-corrected chi connectivity index (χ3v) is 3.41. The van der Waals surface area contributed by atoms with E-state index in [1.807, 2.05) is 30.2 Å². The molecule has 0 aliphatic carbocycles. The molecule has 0 saturated heterocycles. The summed E-state index contributed by atoms with van der Waals surface area (Å²) in [6.07, 6.45) is 3.18. The van der Waals surface area contributed by atoms with Crippen molar-refractivity contribution in [2.75, 3.05) is 17.7 Å². The minimum atomic E-state index is 0.619. The first kappa shape index (κ1) is 12.0. The summed E-state index contributed by atoms with van der Waals surface area (Å²) >= 11 is 1.83. The second-order valence-electron chi connectivity index (χ2n) is 3.58. The summed E-state index contributed by atoms with van der Waals surface area (Å²) in [7, 11) is 0. The van der Waals surface area contributed by atoms with Crippen molar-refractivity contribution in [2.24, 2.45) is 0 Å². The highest BCUT2D eigenvalue weighted by atomic mass is 32.2. The molecule has 0 bridgehead atoms. The molecule has 82 valence electrons. The van der Waals surface area contributed by atoms with Gasteiger partial charge in [-0.2, -0.15) is 17.0 Å². The first-order valence-corrected chi connectivity index (χ1v) is 6.37. The number of rotatable bonds is 4. The van der Waals surface area contributed by atoms with Crippen LogP contribution >= 0.6 is 11.8 Å². The van der Waals surface area contributed by atoms with Crippen LogP contribution in [0.4, 0.5) is 5.82 Å². The van der Waals surface area contributed by atoms with E-state index in [1.165, 1.54) is 0 Å². The Balaban J connectivity index is 2.94. The van der Waals surface area contributed by atoms with Gasteiger partial charge in [-0.15, -0.1) is 0 Å². The molecule has 15 heavy (non-hydrogen) atoms. The van der Waals surface area contributed by atoms with E-state index < -0.39 is 0 Å². The first-order chi connectivity index (χ1) is 7.13. The second kappa shape index (κ2) is 5.13. The lowest BCUT2D eigenvalue weighted by Crippen LogP contribution is -2.06. The molecule has 0 aliphatic rings. The Morgan fingerprint density at radius 1 is 1.47 bits per heavy atom. The third-order valence-electron chi connectivity index (χ3n) is 2.71. The summed E-state index contributed by atoms with van der Waals surface area (Å²) in [6.45, 7) is 4.88. The fourth-order valence-corrected chi connectivity index (χ4v) is 2.11. The maximum absolute atomic E-state index is 8.96. The van der Waals surface area contributed by atoms with E-state index in [4.69, 9.17) is 11.0 Å². The fraction of sp³-hybridized carbons (Fsp3) is 0.545. The number of hydrogen-bond acceptors (Lipinski definition) is 3. The second-order valence-corrected chi connectivity index (χ2v) is 4.57. The Bertz CT molecular complexity index is 388. The summed E-state index contributed by atoms with van der Waals surface area (Å²) in [5, 5.41) is 8.96. The molecule has 4 heteroatoms. The standard InChI is InChI=1S/C11H17N3S/c1-8-9(2)14(5-4-6-15-3)11(13)10(8)7-12/h4-6,13H2,1-3H3. The van der Waals surface area contributed by atoms with Crippen LogP contribution in [-0.4, -0.2) is 16.6 Å². The van der Waals surface area contributed by atoms with Crippen LogP contribution < -0.4 is 5.73 Å². The van der Waals surface area contributed by atoms with Gasteiger partial charge in [0.1, 0.15) is 11.9 Å². The Morgan fingerprint density at radius 2 is 2.13 bits per heavy atom. The maximum atomic E-state index is 8.96. The minimum Gasteiger partial charge on any atom is -0.384 e. The predicted molar refractivity (Wildman–Crippen MR) is 66.0 cm³/mol. The third kappa shape index (κ3) is 2.29. The van der Waals surface area contributed by atoms with Crippen LogP contribution in [0, 0.1) is 25.2 Å². The molecule has 2 N–H and O–H groups in total. The maximum Gasteiger partial charge on any atom is 0.122 e. The van der Waals surface area contributed by atoms with E-state index >= 15 is 0 Å². The van der Waals surface area contributed by atoms with Crippen molar-refractivity contribution >= 4 is 17.6 Å². The van der Waals surface area contributed by atoms with Gasteiger partial charge in [0, 0.05) is 12.2 Å². The van der Waals surface area contributed by atoms with Crippen molar-refractivity contribution in [3.05, 3.63) is 16.8 Å². The van der Waals surface area contributed by atoms with Crippen LogP contribution in [0.1, 0.15) is 23.2 Å². The van der Waals surface area contributed by atoms with Crippen LogP contribution in [0.15, 0.2) is 0 Å². The molecule has 0 atom stereocenters. The van der Waals surface area contributed by atoms with Gasteiger partial charge in [-0.3, -0.25) is 0 Å². The molecule has 0 unspecified atom stereocenters. The van der Waals surface area contributed by atoms with E-state index in [-0.39, 0.29) is 0 Å². The molecule has 1 heterocycles. The topological polar surface area (TPSA) is 54.7 Å². The van der Waals surface area contributed by atoms with E-state index in [0.717, 1.165) is 30.0 Å². The van der Waals surface area contributed by atoms with Crippen molar-refractivity contribution in [3.63, 3.8) is 0 Å². The minimum absolute atomic E-state index is 0.619. The monoisotopic (exact) mass is 223 g/mol. The average Bonchev–Trinajstić information content (AvgIpc) is 2.42. The Morgan fingerprint density at radius 3 is 2.60 bits per heavy atom. The van der Waals surface area contributed by atoms with Crippen LogP contribution in [-0.2, 0) is 6.54 Å². The predicted octanol–water partition coefficient (Wildman–Crippen LogP) is 2.31. The molecular weight excluding hydrogens is 206 g/mol. The molecule has 0 amide bonds. The van der Waals surface area contributed by atoms with Crippen LogP contribution in [0.3, 0.4) is 0 Å². The zero-order valence-corrected chi connectivity index (χ0v) is 10.3. The Hall–Kier alpha value is -1.08. The summed E-state index contributed by atoms with van der Waals surface area (Å²) in [6, 6.07) is 2.16. The Kier molecular flexibility index (Phi) is 4.10. The van der Waals surface area contributed by atoms with Crippen LogP contribution in [0.2, 0.25) is 0 Å². The summed E-state index contributed by atoms with van der Waals surface area (Å²) in [4.78, 5) is 0. The average molecular weight is 223 g/mol. The molecule has 1 rings (SSSR count). The molecule has 0 spiro atoms. The molecule has 3 nitrogen and oxygen atoms in total. The molecule has 1 aromatic heterocycles. The van der Waals surface area contributed by atoms with Crippen molar-refractivity contribution in [2.45, 2.75) is 26.8 Å². The number of nitrogen functional groups attached to an aromatic ring is 1. The van der Waals surface area contributed by atoms with E-state index in [2.05, 4.69) is 12.3 Å². The van der Waals surface area contributed by atoms with Gasteiger partial charge in [0.2, 0.25) is 0 Å². The quantitative estimate of drug-likeness (QED) is 0.797. The summed E-state index contributed by atoms with van der Waals surface area (Å²) < 4.78 is 2.05. The molecule has 0 fully saturated rings. The van der Waals surface area contributed by atoms with Gasteiger partial charge in [0.25, 0.3) is 0 Å². The lowest BCUT2D eigenvalue weighted by atomic mass is 10.2. The molecular formula is C11H17N3S. The van der Waals surface area contributed by atoms with Gasteiger partial charge in [-0.1, -0.05) is 0 Å². The fourth-order valence-electron chi connectivity index (χ4n) is 1.69. The summed E-state index contributed by atoms with van der Waals surface area (Å²) in [5.41, 5.74) is 8.70. The van der Waals surface area contributed by atoms with E-state index in [9.17, 15) is 0 Å². The van der Waals surface area contributed by atoms with Gasteiger partial charge >= 0.3 is 0 Å². The number of thioether (sulfide) groups is 1. The van der Waals surface area contributed by atoms with Crippen LogP contribution in [0.25, 0.3) is 0 Å². The van der Waals surface area contributed by atoms with Crippen molar-refractivity contribution < 1.29 is 0 Å². The van der Waals surface area contributed by atoms with Gasteiger partial charge < -0.3 is 10.3 Å². The summed E-state index contributed by atoms with van der Waals surface area (Å²) in [5.74, 6) is 1.74. The lowest BCUT2D eigenvalue weighted by molar-refractivity contribution is 0.677. The van der Waals surface area contributed by atoms with Gasteiger partial charge in [-0.25, -0.2) is 0 Å². The highest BCUT2D eigenvalue weighted by Crippen LogP contribution is 2.23. The van der Waals surface area contributed by atoms with E-state index in [1.54, 1.807) is 0 Å². The SMILES string of the molecule is CSCCCn1c(C)c(C)c(C#N)c1N. The molecule has 1 aromatic rings. The van der Waals surface area contributed by atoms with Crippen LogP contribution in [0.5, 0.6) is 0 Å². The lowest BCUT2D eigenvalue weighted by Gasteiger charge is -2.07. The molecule has 0 aliphatic heterocycles. The largest absolute Gasteiger partial charge is 0.384 e. The highest BCUT2D eigenvalue weighted by molar-refractivity contribution is 7.98. The normalized spacial score (nSPS) is 10.3. The molecule has 0 saturated carbocycles. The highest BCUT2D eigenvalue weighted by Gasteiger charge is 2.14. The zero-order valence-electron chi connectivity index (χ0n) is 9.50. The van der Waals surface area contributed by atoms with Gasteiger partial charge in [0.15, 0.2) is 0 Å². The zero-order chi connectivity index (χ0) is 11.4. The van der Waals surface area contributed by atoms with Gasteiger partial charge in [0.05, 0.1) is 5.56 Å². The van der Waals surface area contributed by atoms with Crippen molar-refractivity contribution in [1.82, 2.24) is 4.57 Å². The molecule has 0 aromatic carbocycles. The number of nitrogens with zero attached hydrogens (tertiary/aromatic N) is 2. The van der Waals surface area contributed by atoms with Crippen molar-refractivity contribution in [3.8, 4) is 6.07 Å². The number of hydrogen-bond donors (Lipinski definition) is 1. The number of anilines is 1.